The molecule has 0 aliphatic carbocycles. The summed E-state index contributed by atoms with van der Waals surface area (Å²) in [6, 6.07) is 23.1. The number of methoxy groups -OCH3 is 2. The van der Waals surface area contributed by atoms with E-state index >= 15 is 0 Å². The first-order valence-corrected chi connectivity index (χ1v) is 12.8. The Morgan fingerprint density at radius 2 is 1.62 bits per heavy atom. The molecule has 4 aromatic rings. The van der Waals surface area contributed by atoms with E-state index in [0.29, 0.717) is 18.7 Å². The monoisotopic (exact) mass is 501 g/mol. The van der Waals surface area contributed by atoms with E-state index in [4.69, 9.17) is 19.2 Å². The van der Waals surface area contributed by atoms with Crippen LogP contribution in [0.2, 0.25) is 0 Å². The Bertz CT molecular complexity index is 1280. The van der Waals surface area contributed by atoms with Gasteiger partial charge in [0.25, 0.3) is 5.91 Å². The Morgan fingerprint density at radius 3 is 2.43 bits per heavy atom. The summed E-state index contributed by atoms with van der Waals surface area (Å²) in [4.78, 5) is 17.2. The summed E-state index contributed by atoms with van der Waals surface area (Å²) in [5.74, 6) is 3.40. The van der Waals surface area contributed by atoms with E-state index in [9.17, 15) is 4.79 Å². The van der Waals surface area contributed by atoms with Crippen LogP contribution in [0, 0.1) is 0 Å². The Labute approximate surface area is 218 Å². The fourth-order valence-corrected chi connectivity index (χ4v) is 4.30. The third-order valence-corrected chi connectivity index (χ3v) is 6.28. The van der Waals surface area contributed by atoms with Gasteiger partial charge in [-0.2, -0.15) is 0 Å². The highest BCUT2D eigenvalue weighted by atomic mass is 16.5. The maximum atomic E-state index is 12.3. The Kier molecular flexibility index (Phi) is 9.41. The summed E-state index contributed by atoms with van der Waals surface area (Å²) >= 11 is 0. The zero-order valence-corrected chi connectivity index (χ0v) is 21.6. The molecule has 0 aliphatic heterocycles. The molecule has 194 valence electrons. The molecular weight excluding hydrogens is 466 g/mol. The van der Waals surface area contributed by atoms with Gasteiger partial charge in [0.15, 0.2) is 0 Å². The van der Waals surface area contributed by atoms with Crippen LogP contribution in [0.4, 0.5) is 0 Å². The highest BCUT2D eigenvalue weighted by Gasteiger charge is 2.11. The van der Waals surface area contributed by atoms with Gasteiger partial charge in [0, 0.05) is 31.1 Å². The summed E-state index contributed by atoms with van der Waals surface area (Å²) in [6.07, 6.45) is 4.74. The number of rotatable bonds is 14. The number of ether oxygens (including phenoxy) is 3. The number of aryl methyl sites for hydroxylation is 2. The summed E-state index contributed by atoms with van der Waals surface area (Å²) < 4.78 is 18.7. The zero-order chi connectivity index (χ0) is 25.9. The molecule has 4 rings (SSSR count). The van der Waals surface area contributed by atoms with Crippen LogP contribution < -0.4 is 19.5 Å². The van der Waals surface area contributed by atoms with Gasteiger partial charge in [0.05, 0.1) is 31.9 Å². The standard InChI is InChI=1S/C30H35N3O4/c1-35-24-17-15-23(16-18-24)30(34)31-19-7-3-4-14-29-32-27-12-5-6-13-28(27)33(29)20-9-21-37-26-11-8-10-25(22-26)36-2/h5-6,8,10-13,15-18,22H,3-4,7,9,14,19-21H2,1-2H3,(H,31,34). The molecule has 7 nitrogen and oxygen atoms in total. The van der Waals surface area contributed by atoms with Crippen LogP contribution in [-0.2, 0) is 13.0 Å². The second-order valence-electron chi connectivity index (χ2n) is 8.84. The van der Waals surface area contributed by atoms with E-state index in [1.807, 2.05) is 30.3 Å². The highest BCUT2D eigenvalue weighted by Crippen LogP contribution is 2.21. The van der Waals surface area contributed by atoms with Crippen LogP contribution in [0.3, 0.4) is 0 Å². The molecule has 1 amide bonds. The van der Waals surface area contributed by atoms with Crippen molar-refractivity contribution in [2.75, 3.05) is 27.4 Å². The minimum absolute atomic E-state index is 0.0550. The molecule has 0 unspecified atom stereocenters. The molecular formula is C30H35N3O4. The van der Waals surface area contributed by atoms with Crippen LogP contribution in [-0.4, -0.2) is 42.8 Å². The van der Waals surface area contributed by atoms with E-state index < -0.39 is 0 Å². The number of imidazole rings is 1. The number of carbonyl (C=O) groups is 1. The lowest BCUT2D eigenvalue weighted by Crippen LogP contribution is -2.24. The Morgan fingerprint density at radius 1 is 0.838 bits per heavy atom. The van der Waals surface area contributed by atoms with Crippen molar-refractivity contribution in [2.45, 2.75) is 38.6 Å². The summed E-state index contributed by atoms with van der Waals surface area (Å²) in [5.41, 5.74) is 2.83. The molecule has 0 fully saturated rings. The summed E-state index contributed by atoms with van der Waals surface area (Å²) in [7, 11) is 3.27. The predicted molar refractivity (Wildman–Crippen MR) is 146 cm³/mol. The molecule has 1 aromatic heterocycles. The predicted octanol–water partition coefficient (Wildman–Crippen LogP) is 5.67. The second kappa shape index (κ2) is 13.3. The van der Waals surface area contributed by atoms with Crippen LogP contribution in [0.1, 0.15) is 41.9 Å². The quantitative estimate of drug-likeness (QED) is 0.226. The van der Waals surface area contributed by atoms with Gasteiger partial charge in [-0.3, -0.25) is 4.79 Å². The van der Waals surface area contributed by atoms with E-state index in [2.05, 4.69) is 28.1 Å². The van der Waals surface area contributed by atoms with Gasteiger partial charge in [0.2, 0.25) is 0 Å². The first-order valence-electron chi connectivity index (χ1n) is 12.8. The molecule has 37 heavy (non-hydrogen) atoms. The fraction of sp³-hybridized carbons (Fsp3) is 0.333. The molecule has 0 aliphatic rings. The maximum absolute atomic E-state index is 12.3. The Hall–Kier alpha value is -4.00. The third-order valence-electron chi connectivity index (χ3n) is 6.28. The van der Waals surface area contributed by atoms with Gasteiger partial charge in [-0.15, -0.1) is 0 Å². The zero-order valence-electron chi connectivity index (χ0n) is 21.6. The summed E-state index contributed by atoms with van der Waals surface area (Å²) in [5, 5.41) is 3.00. The smallest absolute Gasteiger partial charge is 0.251 e. The van der Waals surface area contributed by atoms with Gasteiger partial charge in [-0.25, -0.2) is 4.98 Å². The highest BCUT2D eigenvalue weighted by molar-refractivity contribution is 5.94. The first kappa shape index (κ1) is 26.1. The second-order valence-corrected chi connectivity index (χ2v) is 8.84. The fourth-order valence-electron chi connectivity index (χ4n) is 4.30. The largest absolute Gasteiger partial charge is 0.497 e. The molecule has 0 saturated heterocycles. The molecule has 7 heteroatoms. The topological polar surface area (TPSA) is 74.6 Å². The molecule has 0 atom stereocenters. The van der Waals surface area contributed by atoms with Crippen LogP contribution in [0.5, 0.6) is 17.2 Å². The number of fused-ring (bicyclic) bond motifs is 1. The van der Waals surface area contributed by atoms with Gasteiger partial charge in [-0.1, -0.05) is 24.6 Å². The van der Waals surface area contributed by atoms with Crippen LogP contribution in [0.25, 0.3) is 11.0 Å². The molecule has 0 saturated carbocycles. The number of aromatic nitrogens is 2. The minimum atomic E-state index is -0.0550. The average molecular weight is 502 g/mol. The number of para-hydroxylation sites is 2. The van der Waals surface area contributed by atoms with Crippen molar-refractivity contribution >= 4 is 16.9 Å². The van der Waals surface area contributed by atoms with Crippen molar-refractivity contribution in [1.29, 1.82) is 0 Å². The van der Waals surface area contributed by atoms with Gasteiger partial charge >= 0.3 is 0 Å². The van der Waals surface area contributed by atoms with Crippen molar-refractivity contribution < 1.29 is 19.0 Å². The van der Waals surface area contributed by atoms with E-state index in [1.165, 1.54) is 0 Å². The SMILES string of the molecule is COc1ccc(C(=O)NCCCCCc2nc3ccccc3n2CCCOc2cccc(OC)c2)cc1. The Balaban J connectivity index is 1.23. The first-order chi connectivity index (χ1) is 18.2. The van der Waals surface area contributed by atoms with Crippen molar-refractivity contribution in [3.8, 4) is 17.2 Å². The minimum Gasteiger partial charge on any atom is -0.497 e. The van der Waals surface area contributed by atoms with Gasteiger partial charge < -0.3 is 24.1 Å². The number of hydrogen-bond acceptors (Lipinski definition) is 5. The average Bonchev–Trinajstić information content (AvgIpc) is 3.30. The van der Waals surface area contributed by atoms with Crippen molar-refractivity contribution in [2.24, 2.45) is 0 Å². The van der Waals surface area contributed by atoms with Crippen molar-refractivity contribution in [3.05, 3.63) is 84.2 Å². The number of nitrogens with zero attached hydrogens (tertiary/aromatic N) is 2. The number of carbonyl (C=O) groups excluding carboxylic acids is 1. The molecule has 0 radical (unpaired) electrons. The van der Waals surface area contributed by atoms with Crippen LogP contribution >= 0.6 is 0 Å². The lowest BCUT2D eigenvalue weighted by molar-refractivity contribution is 0.0953. The molecule has 0 bridgehead atoms. The normalized spacial score (nSPS) is 10.9. The maximum Gasteiger partial charge on any atom is 0.251 e. The van der Waals surface area contributed by atoms with E-state index in [1.54, 1.807) is 38.5 Å². The number of benzene rings is 3. The third kappa shape index (κ3) is 7.26. The van der Waals surface area contributed by atoms with E-state index in [-0.39, 0.29) is 5.91 Å². The number of unbranched alkanes of at least 4 members (excludes halogenated alkanes) is 2. The molecule has 3 aromatic carbocycles. The van der Waals surface area contributed by atoms with Crippen molar-refractivity contribution in [3.63, 3.8) is 0 Å². The number of nitrogens with one attached hydrogen (secondary N) is 1. The van der Waals surface area contributed by atoms with Gasteiger partial charge in [0.1, 0.15) is 23.1 Å². The van der Waals surface area contributed by atoms with Crippen molar-refractivity contribution in [1.82, 2.24) is 14.9 Å². The molecule has 0 spiro atoms. The lowest BCUT2D eigenvalue weighted by Gasteiger charge is -2.11. The van der Waals surface area contributed by atoms with Gasteiger partial charge in [-0.05, 0) is 67.8 Å². The van der Waals surface area contributed by atoms with E-state index in [0.717, 1.165) is 72.8 Å². The lowest BCUT2D eigenvalue weighted by atomic mass is 10.1. The van der Waals surface area contributed by atoms with Crippen LogP contribution in [0.15, 0.2) is 72.8 Å². The summed E-state index contributed by atoms with van der Waals surface area (Å²) in [6.45, 7) is 2.12. The molecule has 1 N–H and O–H groups in total. The number of hydrogen-bond donors (Lipinski definition) is 1. The molecule has 1 heterocycles. The number of amides is 1.